The maximum atomic E-state index is 5.35. The number of fused-ring (bicyclic) bond motifs is 2. The predicted molar refractivity (Wildman–Crippen MR) is 90.8 cm³/mol. The Morgan fingerprint density at radius 1 is 0.833 bits per heavy atom. The molecule has 0 aromatic heterocycles. The molecule has 2 aliphatic heterocycles. The first kappa shape index (κ1) is 15.2. The molecule has 0 radical (unpaired) electrons. The van der Waals surface area contributed by atoms with E-state index in [1.165, 1.54) is 83.2 Å². The van der Waals surface area contributed by atoms with E-state index in [1.54, 1.807) is 0 Å². The molecule has 2 bridgehead atoms. The first-order chi connectivity index (χ1) is 8.77. The SMILES string of the molecule is CCCCCCCC[PH]1(S)C2CCCC1CCC2. The molecule has 108 valence electrons. The maximum absolute atomic E-state index is 5.35. The summed E-state index contributed by atoms with van der Waals surface area (Å²) < 4.78 is 0. The van der Waals surface area contributed by atoms with Crippen LogP contribution in [0.25, 0.3) is 0 Å². The molecule has 0 aliphatic carbocycles. The molecule has 0 aromatic carbocycles. The third-order valence-electron chi connectivity index (χ3n) is 5.56. The van der Waals surface area contributed by atoms with E-state index in [-0.39, 0.29) is 0 Å². The van der Waals surface area contributed by atoms with Crippen LogP contribution in [0.1, 0.15) is 84.0 Å². The summed E-state index contributed by atoms with van der Waals surface area (Å²) >= 11 is 5.35. The standard InChI is InChI=1S/C16H33PS/c1-2-3-4-5-6-7-14-17(18)15-10-8-11-16(17)13-9-12-15/h15-18H,2-14H2,1H3. The number of hydrogen-bond donors (Lipinski definition) is 1. The normalized spacial score (nSPS) is 32.1. The van der Waals surface area contributed by atoms with Gasteiger partial charge in [0.05, 0.1) is 0 Å². The Kier molecular flexibility index (Phi) is 6.35. The second kappa shape index (κ2) is 7.53. The van der Waals surface area contributed by atoms with E-state index in [1.807, 2.05) is 0 Å². The van der Waals surface area contributed by atoms with E-state index in [0.29, 0.717) is 0 Å². The first-order valence-electron chi connectivity index (χ1n) is 8.49. The van der Waals surface area contributed by atoms with E-state index in [2.05, 4.69) is 6.92 Å². The van der Waals surface area contributed by atoms with Gasteiger partial charge in [-0.2, -0.15) is 0 Å². The van der Waals surface area contributed by atoms with Crippen LogP contribution in [-0.2, 0) is 0 Å². The molecule has 0 saturated carbocycles. The van der Waals surface area contributed by atoms with Crippen molar-refractivity contribution >= 4 is 18.7 Å². The molecule has 2 saturated heterocycles. The molecule has 2 heterocycles. The van der Waals surface area contributed by atoms with Gasteiger partial charge in [0.15, 0.2) is 0 Å². The van der Waals surface area contributed by atoms with Gasteiger partial charge in [-0.25, -0.2) is 0 Å². The fourth-order valence-electron chi connectivity index (χ4n) is 4.44. The molecule has 0 spiro atoms. The summed E-state index contributed by atoms with van der Waals surface area (Å²) in [6.45, 7) is 1.15. The summed E-state index contributed by atoms with van der Waals surface area (Å²) in [6.07, 6.45) is 19.4. The quantitative estimate of drug-likeness (QED) is 0.329. The zero-order chi connectivity index (χ0) is 12.8. The zero-order valence-electron chi connectivity index (χ0n) is 12.3. The molecule has 0 nitrogen and oxygen atoms in total. The monoisotopic (exact) mass is 288 g/mol. The predicted octanol–water partition coefficient (Wildman–Crippen LogP) is 6.05. The van der Waals surface area contributed by atoms with E-state index >= 15 is 0 Å². The minimum atomic E-state index is -1.16. The van der Waals surface area contributed by atoms with Crippen molar-refractivity contribution in [1.82, 2.24) is 0 Å². The van der Waals surface area contributed by atoms with Crippen molar-refractivity contribution in [3.63, 3.8) is 0 Å². The Bertz CT molecular complexity index is 219. The summed E-state index contributed by atoms with van der Waals surface area (Å²) in [5.74, 6) is 0. The number of rotatable bonds is 7. The molecule has 0 atom stereocenters. The van der Waals surface area contributed by atoms with Crippen molar-refractivity contribution in [2.24, 2.45) is 0 Å². The number of unbranched alkanes of at least 4 members (excludes halogenated alkanes) is 5. The van der Waals surface area contributed by atoms with Gasteiger partial charge in [-0.1, -0.05) is 0 Å². The second-order valence-electron chi connectivity index (χ2n) is 6.76. The summed E-state index contributed by atoms with van der Waals surface area (Å²) in [5.41, 5.74) is 2.17. The molecule has 2 aliphatic rings. The Balaban J connectivity index is 1.72. The van der Waals surface area contributed by atoms with Crippen LogP contribution in [0, 0.1) is 0 Å². The fourth-order valence-corrected chi connectivity index (χ4v) is 11.6. The summed E-state index contributed by atoms with van der Waals surface area (Å²) in [7, 11) is 0. The molecule has 0 aromatic rings. The average Bonchev–Trinajstić information content (AvgIpc) is 2.33. The summed E-state index contributed by atoms with van der Waals surface area (Å²) in [5, 5.41) is 0. The molecule has 2 fully saturated rings. The van der Waals surface area contributed by atoms with Gasteiger partial charge in [0.1, 0.15) is 0 Å². The third-order valence-corrected chi connectivity index (χ3v) is 13.6. The molecule has 2 heteroatoms. The molecule has 0 N–H and O–H groups in total. The number of hydrogen-bond acceptors (Lipinski definition) is 1. The first-order valence-corrected chi connectivity index (χ1v) is 12.1. The van der Waals surface area contributed by atoms with Crippen LogP contribution in [0.4, 0.5) is 0 Å². The Labute approximate surface area is 120 Å². The van der Waals surface area contributed by atoms with Gasteiger partial charge in [0.25, 0.3) is 0 Å². The van der Waals surface area contributed by atoms with Crippen molar-refractivity contribution in [1.29, 1.82) is 0 Å². The summed E-state index contributed by atoms with van der Waals surface area (Å²) in [6, 6.07) is 0. The van der Waals surface area contributed by atoms with Crippen LogP contribution < -0.4 is 0 Å². The van der Waals surface area contributed by atoms with Crippen LogP contribution in [0.15, 0.2) is 0 Å². The van der Waals surface area contributed by atoms with Gasteiger partial charge in [-0.3, -0.25) is 0 Å². The van der Waals surface area contributed by atoms with Crippen molar-refractivity contribution < 1.29 is 0 Å². The Morgan fingerprint density at radius 3 is 1.89 bits per heavy atom. The zero-order valence-corrected chi connectivity index (χ0v) is 14.2. The van der Waals surface area contributed by atoms with Crippen molar-refractivity contribution in [2.45, 2.75) is 95.3 Å². The van der Waals surface area contributed by atoms with Gasteiger partial charge in [0.2, 0.25) is 0 Å². The van der Waals surface area contributed by atoms with Crippen LogP contribution in [0.5, 0.6) is 0 Å². The van der Waals surface area contributed by atoms with E-state index < -0.39 is 6.46 Å². The fraction of sp³-hybridized carbons (Fsp3) is 1.00. The van der Waals surface area contributed by atoms with E-state index in [4.69, 9.17) is 12.2 Å². The topological polar surface area (TPSA) is 0 Å². The molecule has 0 unspecified atom stereocenters. The Morgan fingerprint density at radius 2 is 1.33 bits per heavy atom. The molecular formula is C16H33PS. The molecule has 2 rings (SSSR count). The van der Waals surface area contributed by atoms with Gasteiger partial charge >= 0.3 is 120 Å². The van der Waals surface area contributed by atoms with Crippen LogP contribution in [0.2, 0.25) is 0 Å². The molecule has 0 amide bonds. The van der Waals surface area contributed by atoms with Crippen molar-refractivity contribution in [3.05, 3.63) is 0 Å². The van der Waals surface area contributed by atoms with Crippen molar-refractivity contribution in [2.75, 3.05) is 6.16 Å². The average molecular weight is 288 g/mol. The van der Waals surface area contributed by atoms with Crippen molar-refractivity contribution in [3.8, 4) is 0 Å². The summed E-state index contributed by atoms with van der Waals surface area (Å²) in [4.78, 5) is 0. The third kappa shape index (κ3) is 3.66. The van der Waals surface area contributed by atoms with E-state index in [0.717, 1.165) is 11.3 Å². The number of thiol groups is 1. The van der Waals surface area contributed by atoms with Crippen LogP contribution >= 0.6 is 18.7 Å². The second-order valence-corrected chi connectivity index (χ2v) is 13.4. The van der Waals surface area contributed by atoms with Gasteiger partial charge in [0, 0.05) is 0 Å². The van der Waals surface area contributed by atoms with Crippen LogP contribution in [0.3, 0.4) is 0 Å². The van der Waals surface area contributed by atoms with Crippen LogP contribution in [-0.4, -0.2) is 17.5 Å². The van der Waals surface area contributed by atoms with Gasteiger partial charge in [-0.15, -0.1) is 0 Å². The molecule has 18 heavy (non-hydrogen) atoms. The minimum absolute atomic E-state index is 1.09. The van der Waals surface area contributed by atoms with Gasteiger partial charge in [-0.05, 0) is 0 Å². The molecular weight excluding hydrogens is 255 g/mol. The van der Waals surface area contributed by atoms with Gasteiger partial charge < -0.3 is 0 Å². The van der Waals surface area contributed by atoms with E-state index in [9.17, 15) is 0 Å². The Hall–Kier alpha value is 0.780.